The fourth-order valence-electron chi connectivity index (χ4n) is 3.27. The van der Waals surface area contributed by atoms with Crippen LogP contribution in [0, 0.1) is 0 Å². The van der Waals surface area contributed by atoms with Gasteiger partial charge in [-0.1, -0.05) is 45.7 Å². The number of para-hydroxylation sites is 1. The molecule has 0 fully saturated rings. The number of thiocarbonyl (C=S) groups is 1. The second-order valence-corrected chi connectivity index (χ2v) is 10.3. The van der Waals surface area contributed by atoms with E-state index in [0.717, 1.165) is 15.7 Å². The van der Waals surface area contributed by atoms with Crippen molar-refractivity contribution in [3.8, 4) is 0 Å². The van der Waals surface area contributed by atoms with Crippen LogP contribution in [0.3, 0.4) is 0 Å². The molecule has 1 heterocycles. The van der Waals surface area contributed by atoms with Gasteiger partial charge in [0.25, 0.3) is 10.0 Å². The molecular weight excluding hydrogens is 506 g/mol. The molecule has 3 aromatic carbocycles. The average molecular weight is 523 g/mol. The summed E-state index contributed by atoms with van der Waals surface area (Å²) in [6.45, 7) is 0.448. The van der Waals surface area contributed by atoms with E-state index in [1.807, 2.05) is 36.4 Å². The minimum atomic E-state index is -3.62. The Hall–Kier alpha value is -2.13. The van der Waals surface area contributed by atoms with Crippen LogP contribution in [0.4, 0.5) is 17.1 Å². The van der Waals surface area contributed by atoms with Crippen molar-refractivity contribution in [3.63, 3.8) is 0 Å². The number of halogens is 2. The molecule has 1 aliphatic heterocycles. The third kappa shape index (κ3) is 4.32. The van der Waals surface area contributed by atoms with Crippen LogP contribution in [0.25, 0.3) is 0 Å². The van der Waals surface area contributed by atoms with Gasteiger partial charge < -0.3 is 10.6 Å². The smallest absolute Gasteiger partial charge is 0.264 e. The SMILES string of the molecule is O=S(=O)(c1ccc(NC(=S)Nc2ccc(Br)cc2Cl)cc1)N1CCc2ccccc21. The molecule has 2 N–H and O–H groups in total. The molecule has 3 aromatic rings. The van der Waals surface area contributed by atoms with Gasteiger partial charge in [-0.3, -0.25) is 4.31 Å². The number of rotatable bonds is 4. The Morgan fingerprint density at radius 1 is 1.03 bits per heavy atom. The number of nitrogens with zero attached hydrogens (tertiary/aromatic N) is 1. The van der Waals surface area contributed by atoms with Gasteiger partial charge in [0.15, 0.2) is 5.11 Å². The van der Waals surface area contributed by atoms with E-state index >= 15 is 0 Å². The summed E-state index contributed by atoms with van der Waals surface area (Å²) in [4.78, 5) is 0.236. The van der Waals surface area contributed by atoms with Crippen LogP contribution in [0.2, 0.25) is 5.02 Å². The Labute approximate surface area is 194 Å². The summed E-state index contributed by atoms with van der Waals surface area (Å²) in [6, 6.07) is 19.5. The standard InChI is InChI=1S/C21H17BrClN3O2S2/c22-15-5-10-19(18(23)13-15)25-21(29)24-16-6-8-17(9-7-16)30(27,28)26-12-11-14-3-1-2-4-20(14)26/h1-10,13H,11-12H2,(H2,24,25,29). The number of benzene rings is 3. The van der Waals surface area contributed by atoms with E-state index in [1.165, 1.54) is 4.31 Å². The summed E-state index contributed by atoms with van der Waals surface area (Å²) >= 11 is 14.9. The first-order valence-corrected chi connectivity index (χ1v) is 12.1. The fourth-order valence-corrected chi connectivity index (χ4v) is 5.72. The van der Waals surface area contributed by atoms with Crippen LogP contribution < -0.4 is 14.9 Å². The highest BCUT2D eigenvalue weighted by Crippen LogP contribution is 2.33. The molecule has 0 radical (unpaired) electrons. The van der Waals surface area contributed by atoms with Crippen LogP contribution in [0.1, 0.15) is 5.56 Å². The molecule has 154 valence electrons. The van der Waals surface area contributed by atoms with Gasteiger partial charge in [0, 0.05) is 16.7 Å². The monoisotopic (exact) mass is 521 g/mol. The summed E-state index contributed by atoms with van der Waals surface area (Å²) < 4.78 is 28.5. The normalized spacial score (nSPS) is 13.1. The minimum Gasteiger partial charge on any atom is -0.332 e. The highest BCUT2D eigenvalue weighted by molar-refractivity contribution is 9.10. The predicted molar refractivity (Wildman–Crippen MR) is 130 cm³/mol. The first-order valence-electron chi connectivity index (χ1n) is 9.08. The van der Waals surface area contributed by atoms with E-state index in [-0.39, 0.29) is 4.90 Å². The highest BCUT2D eigenvalue weighted by Gasteiger charge is 2.30. The largest absolute Gasteiger partial charge is 0.332 e. The van der Waals surface area contributed by atoms with Crippen LogP contribution in [0.15, 0.2) is 76.1 Å². The highest BCUT2D eigenvalue weighted by atomic mass is 79.9. The molecule has 0 amide bonds. The van der Waals surface area contributed by atoms with Gasteiger partial charge in [-0.15, -0.1) is 0 Å². The summed E-state index contributed by atoms with van der Waals surface area (Å²) in [5, 5.41) is 6.94. The number of fused-ring (bicyclic) bond motifs is 1. The molecule has 1 aliphatic rings. The van der Waals surface area contributed by atoms with Crippen molar-refractivity contribution in [1.82, 2.24) is 0 Å². The van der Waals surface area contributed by atoms with Crippen molar-refractivity contribution in [2.45, 2.75) is 11.3 Å². The minimum absolute atomic E-state index is 0.236. The Bertz CT molecular complexity index is 1220. The molecule has 0 bridgehead atoms. The van der Waals surface area contributed by atoms with Crippen LogP contribution in [0.5, 0.6) is 0 Å². The van der Waals surface area contributed by atoms with Gasteiger partial charge in [-0.2, -0.15) is 0 Å². The lowest BCUT2D eigenvalue weighted by Crippen LogP contribution is -2.29. The summed E-state index contributed by atoms with van der Waals surface area (Å²) in [5.41, 5.74) is 3.13. The van der Waals surface area contributed by atoms with Gasteiger partial charge in [0.05, 0.1) is 21.3 Å². The van der Waals surface area contributed by atoms with Crippen molar-refractivity contribution in [2.75, 3.05) is 21.5 Å². The Morgan fingerprint density at radius 2 is 1.77 bits per heavy atom. The molecule has 0 atom stereocenters. The molecule has 0 saturated carbocycles. The molecule has 5 nitrogen and oxygen atoms in total. The molecular formula is C21H17BrClN3O2S2. The molecule has 9 heteroatoms. The zero-order chi connectivity index (χ0) is 21.3. The van der Waals surface area contributed by atoms with Crippen molar-refractivity contribution in [1.29, 1.82) is 0 Å². The van der Waals surface area contributed by atoms with Crippen molar-refractivity contribution in [2.24, 2.45) is 0 Å². The second-order valence-electron chi connectivity index (χ2n) is 6.68. The summed E-state index contributed by atoms with van der Waals surface area (Å²) in [7, 11) is -3.62. The average Bonchev–Trinajstić information content (AvgIpc) is 3.15. The zero-order valence-corrected chi connectivity index (χ0v) is 19.6. The van der Waals surface area contributed by atoms with E-state index in [0.29, 0.717) is 34.5 Å². The lowest BCUT2D eigenvalue weighted by atomic mass is 10.2. The van der Waals surface area contributed by atoms with Gasteiger partial charge in [-0.25, -0.2) is 8.42 Å². The number of hydrogen-bond acceptors (Lipinski definition) is 3. The fraction of sp³-hybridized carbons (Fsp3) is 0.0952. The summed E-state index contributed by atoms with van der Waals surface area (Å²) in [5.74, 6) is 0. The van der Waals surface area contributed by atoms with E-state index < -0.39 is 10.0 Å². The zero-order valence-electron chi connectivity index (χ0n) is 15.6. The van der Waals surface area contributed by atoms with Gasteiger partial charge in [-0.05, 0) is 72.7 Å². The second kappa shape index (κ2) is 8.55. The van der Waals surface area contributed by atoms with Crippen molar-refractivity contribution >= 4 is 71.9 Å². The molecule has 0 aliphatic carbocycles. The maximum Gasteiger partial charge on any atom is 0.264 e. The molecule has 0 spiro atoms. The number of nitrogens with one attached hydrogen (secondary N) is 2. The third-order valence-electron chi connectivity index (χ3n) is 4.72. The van der Waals surface area contributed by atoms with E-state index in [2.05, 4.69) is 26.6 Å². The van der Waals surface area contributed by atoms with Crippen LogP contribution in [-0.4, -0.2) is 20.1 Å². The Morgan fingerprint density at radius 3 is 2.50 bits per heavy atom. The van der Waals surface area contributed by atoms with Gasteiger partial charge >= 0.3 is 0 Å². The lowest BCUT2D eigenvalue weighted by Gasteiger charge is -2.20. The molecule has 0 saturated heterocycles. The number of anilines is 3. The molecule has 30 heavy (non-hydrogen) atoms. The van der Waals surface area contributed by atoms with Gasteiger partial charge in [0.2, 0.25) is 0 Å². The first kappa shape index (κ1) is 21.1. The van der Waals surface area contributed by atoms with E-state index in [9.17, 15) is 8.42 Å². The topological polar surface area (TPSA) is 61.4 Å². The maximum absolute atomic E-state index is 13.1. The van der Waals surface area contributed by atoms with Gasteiger partial charge in [0.1, 0.15) is 0 Å². The number of sulfonamides is 1. The first-order chi connectivity index (χ1) is 14.3. The number of hydrogen-bond donors (Lipinski definition) is 2. The quantitative estimate of drug-likeness (QED) is 0.433. The van der Waals surface area contributed by atoms with Crippen molar-refractivity contribution < 1.29 is 8.42 Å². The van der Waals surface area contributed by atoms with E-state index in [4.69, 9.17) is 23.8 Å². The summed E-state index contributed by atoms with van der Waals surface area (Å²) in [6.07, 6.45) is 0.716. The van der Waals surface area contributed by atoms with Crippen molar-refractivity contribution in [3.05, 3.63) is 81.8 Å². The molecule has 0 aromatic heterocycles. The third-order valence-corrected chi connectivity index (χ3v) is 7.56. The Balaban J connectivity index is 1.47. The molecule has 0 unspecified atom stereocenters. The predicted octanol–water partition coefficient (Wildman–Crippen LogP) is 5.66. The van der Waals surface area contributed by atoms with Crippen LogP contribution in [-0.2, 0) is 16.4 Å². The van der Waals surface area contributed by atoms with E-state index in [1.54, 1.807) is 30.3 Å². The van der Waals surface area contributed by atoms with Crippen LogP contribution >= 0.6 is 39.7 Å². The molecule has 4 rings (SSSR count). The maximum atomic E-state index is 13.1. The Kier molecular flexibility index (Phi) is 6.02. The lowest BCUT2D eigenvalue weighted by molar-refractivity contribution is 0.592.